The third kappa shape index (κ3) is 3.21. The molecule has 4 saturated carbocycles. The normalized spacial score (nSPS) is 50.5. The monoisotopic (exact) mass is 482 g/mol. The van der Waals surface area contributed by atoms with Gasteiger partial charge in [-0.15, -0.1) is 0 Å². The van der Waals surface area contributed by atoms with Gasteiger partial charge in [0.1, 0.15) is 6.10 Å². The predicted octanol–water partition coefficient (Wildman–Crippen LogP) is 7.77. The van der Waals surface area contributed by atoms with Gasteiger partial charge >= 0.3 is 5.97 Å². The summed E-state index contributed by atoms with van der Waals surface area (Å²) in [5.41, 5.74) is 1.80. The highest BCUT2D eigenvalue weighted by atomic mass is 16.5. The molecule has 0 bridgehead atoms. The lowest BCUT2D eigenvalue weighted by Crippen LogP contribution is -2.66. The number of carbonyl (C=O) groups excluding carboxylic acids is 2. The molecule has 5 rings (SSSR count). The number of fused-ring (bicyclic) bond motifs is 7. The van der Waals surface area contributed by atoms with E-state index in [1.165, 1.54) is 38.2 Å². The number of hydrogen-bond acceptors (Lipinski definition) is 3. The van der Waals surface area contributed by atoms with Crippen LogP contribution >= 0.6 is 0 Å². The third-order valence-electron chi connectivity index (χ3n) is 13.1. The van der Waals surface area contributed by atoms with Gasteiger partial charge in [0.2, 0.25) is 0 Å². The Kier molecular flexibility index (Phi) is 5.62. The Morgan fingerprint density at radius 2 is 1.63 bits per heavy atom. The maximum Gasteiger partial charge on any atom is 0.302 e. The summed E-state index contributed by atoms with van der Waals surface area (Å²) in [6.45, 7) is 20.9. The Labute approximate surface area is 214 Å². The Hall–Kier alpha value is -1.12. The highest BCUT2D eigenvalue weighted by molar-refractivity contribution is 5.95. The van der Waals surface area contributed by atoms with Crippen LogP contribution in [0.5, 0.6) is 0 Å². The topological polar surface area (TPSA) is 43.4 Å². The molecule has 35 heavy (non-hydrogen) atoms. The number of rotatable bonds is 2. The second-order valence-corrected chi connectivity index (χ2v) is 15.3. The summed E-state index contributed by atoms with van der Waals surface area (Å²) in [5.74, 6) is 2.60. The summed E-state index contributed by atoms with van der Waals surface area (Å²) in [4.78, 5) is 26.2. The van der Waals surface area contributed by atoms with Gasteiger partial charge in [0, 0.05) is 18.3 Å². The van der Waals surface area contributed by atoms with Crippen molar-refractivity contribution >= 4 is 11.8 Å². The van der Waals surface area contributed by atoms with Crippen LogP contribution in [-0.4, -0.2) is 17.9 Å². The van der Waals surface area contributed by atoms with E-state index in [1.54, 1.807) is 0 Å². The second kappa shape index (κ2) is 7.70. The maximum absolute atomic E-state index is 14.4. The van der Waals surface area contributed by atoms with Gasteiger partial charge in [0.25, 0.3) is 0 Å². The number of allylic oxidation sites excluding steroid dienone is 2. The molecule has 0 aromatic heterocycles. The van der Waals surface area contributed by atoms with Crippen molar-refractivity contribution in [2.45, 2.75) is 120 Å². The molecule has 0 unspecified atom stereocenters. The van der Waals surface area contributed by atoms with E-state index in [0.717, 1.165) is 25.7 Å². The van der Waals surface area contributed by atoms with Crippen molar-refractivity contribution in [3.63, 3.8) is 0 Å². The molecule has 3 nitrogen and oxygen atoms in total. The standard InChI is InChI=1S/C32H50O3/c1-19(2)21-10-13-29(6)16-17-31(8)22(26(21)29)18-23(34)27-30(7)14-12-25(35-20(3)33)28(4,5)24(30)11-15-32(27,31)9/h18-19,21,24-27H,10-17H2,1-9H3/t21-,24-,25-,26+,27+,29+,30-,31+,32+/m0/s1. The van der Waals surface area contributed by atoms with Crippen LogP contribution in [0.4, 0.5) is 0 Å². The molecule has 5 aliphatic rings. The van der Waals surface area contributed by atoms with E-state index in [9.17, 15) is 9.59 Å². The minimum atomic E-state index is -0.178. The Balaban J connectivity index is 1.59. The summed E-state index contributed by atoms with van der Waals surface area (Å²) in [7, 11) is 0. The fourth-order valence-electron chi connectivity index (χ4n) is 11.1. The molecule has 0 spiro atoms. The number of esters is 1. The minimum Gasteiger partial charge on any atom is -0.462 e. The van der Waals surface area contributed by atoms with E-state index in [0.29, 0.717) is 34.9 Å². The van der Waals surface area contributed by atoms with Gasteiger partial charge < -0.3 is 4.74 Å². The quantitative estimate of drug-likeness (QED) is 0.377. The molecule has 196 valence electrons. The van der Waals surface area contributed by atoms with Gasteiger partial charge in [-0.1, -0.05) is 61.0 Å². The van der Waals surface area contributed by atoms with Gasteiger partial charge in [0.15, 0.2) is 5.78 Å². The number of carbonyl (C=O) groups is 2. The molecule has 0 aromatic carbocycles. The summed E-state index contributed by atoms with van der Waals surface area (Å²) < 4.78 is 5.85. The lowest BCUT2D eigenvalue weighted by Gasteiger charge is -2.69. The SMILES string of the molecule is CC(=O)O[C@H]1CC[C@]2(C)[C@H]3C(=O)C=C4[C@H]5[C@H](C(C)C)CC[C@]5(C)CC[C@@]4(C)[C@]3(C)CC[C@H]2C1(C)C. The number of hydrogen-bond donors (Lipinski definition) is 0. The fraction of sp³-hybridized carbons (Fsp3) is 0.875. The maximum atomic E-state index is 14.4. The molecule has 0 aliphatic heterocycles. The number of ketones is 1. The van der Waals surface area contributed by atoms with Crippen LogP contribution in [-0.2, 0) is 14.3 Å². The molecule has 0 amide bonds. The molecule has 9 atom stereocenters. The molecule has 0 heterocycles. The van der Waals surface area contributed by atoms with Crippen LogP contribution in [0.3, 0.4) is 0 Å². The van der Waals surface area contributed by atoms with Crippen molar-refractivity contribution in [3.05, 3.63) is 11.6 Å². The van der Waals surface area contributed by atoms with E-state index >= 15 is 0 Å². The van der Waals surface area contributed by atoms with Crippen LogP contribution in [0.1, 0.15) is 114 Å². The van der Waals surface area contributed by atoms with E-state index in [-0.39, 0.29) is 39.7 Å². The summed E-state index contributed by atoms with van der Waals surface area (Å²) in [6, 6.07) is 0. The van der Waals surface area contributed by atoms with Gasteiger partial charge in [-0.2, -0.15) is 0 Å². The van der Waals surface area contributed by atoms with Crippen LogP contribution < -0.4 is 0 Å². The Morgan fingerprint density at radius 1 is 0.943 bits per heavy atom. The first-order valence-corrected chi connectivity index (χ1v) is 14.5. The van der Waals surface area contributed by atoms with E-state index in [2.05, 4.69) is 61.5 Å². The van der Waals surface area contributed by atoms with Gasteiger partial charge in [-0.05, 0) is 103 Å². The molecule has 0 saturated heterocycles. The van der Waals surface area contributed by atoms with Crippen LogP contribution in [0, 0.1) is 56.7 Å². The lowest BCUT2D eigenvalue weighted by atomic mass is 9.34. The molecule has 4 fully saturated rings. The van der Waals surface area contributed by atoms with Crippen LogP contribution in [0.2, 0.25) is 0 Å². The van der Waals surface area contributed by atoms with E-state index in [1.807, 2.05) is 0 Å². The number of ether oxygens (including phenoxy) is 1. The van der Waals surface area contributed by atoms with Crippen molar-refractivity contribution in [2.75, 3.05) is 0 Å². The minimum absolute atomic E-state index is 0.00475. The first-order valence-electron chi connectivity index (χ1n) is 14.5. The van der Waals surface area contributed by atoms with Crippen molar-refractivity contribution in [1.82, 2.24) is 0 Å². The van der Waals surface area contributed by atoms with Crippen molar-refractivity contribution in [3.8, 4) is 0 Å². The zero-order chi connectivity index (χ0) is 25.8. The van der Waals surface area contributed by atoms with Crippen molar-refractivity contribution in [1.29, 1.82) is 0 Å². The highest BCUT2D eigenvalue weighted by Gasteiger charge is 2.70. The first-order chi connectivity index (χ1) is 16.1. The Bertz CT molecular complexity index is 960. The average Bonchev–Trinajstić information content (AvgIpc) is 3.09. The molecule has 5 aliphatic carbocycles. The zero-order valence-electron chi connectivity index (χ0n) is 23.9. The lowest BCUT2D eigenvalue weighted by molar-refractivity contribution is -0.209. The third-order valence-corrected chi connectivity index (χ3v) is 13.1. The highest BCUT2D eigenvalue weighted by Crippen LogP contribution is 2.75. The van der Waals surface area contributed by atoms with Gasteiger partial charge in [-0.25, -0.2) is 0 Å². The van der Waals surface area contributed by atoms with E-state index in [4.69, 9.17) is 4.74 Å². The van der Waals surface area contributed by atoms with E-state index < -0.39 is 0 Å². The molecular formula is C32H50O3. The van der Waals surface area contributed by atoms with Crippen LogP contribution in [0.15, 0.2) is 11.6 Å². The summed E-state index contributed by atoms with van der Waals surface area (Å²) in [6.07, 6.45) is 11.4. The molecule has 0 N–H and O–H groups in total. The summed E-state index contributed by atoms with van der Waals surface area (Å²) in [5, 5.41) is 0. The zero-order valence-corrected chi connectivity index (χ0v) is 23.9. The molecule has 0 aromatic rings. The first kappa shape index (κ1) is 25.5. The summed E-state index contributed by atoms with van der Waals surface area (Å²) >= 11 is 0. The van der Waals surface area contributed by atoms with Gasteiger partial charge in [-0.3, -0.25) is 9.59 Å². The molecular weight excluding hydrogens is 432 g/mol. The molecule has 3 heteroatoms. The van der Waals surface area contributed by atoms with Crippen molar-refractivity contribution < 1.29 is 14.3 Å². The Morgan fingerprint density at radius 3 is 2.26 bits per heavy atom. The fourth-order valence-corrected chi connectivity index (χ4v) is 11.1. The smallest absolute Gasteiger partial charge is 0.302 e. The predicted molar refractivity (Wildman–Crippen MR) is 141 cm³/mol. The largest absolute Gasteiger partial charge is 0.462 e. The molecule has 0 radical (unpaired) electrons. The average molecular weight is 483 g/mol. The van der Waals surface area contributed by atoms with Crippen molar-refractivity contribution in [2.24, 2.45) is 56.7 Å². The second-order valence-electron chi connectivity index (χ2n) is 15.3. The van der Waals surface area contributed by atoms with Crippen LogP contribution in [0.25, 0.3) is 0 Å². The van der Waals surface area contributed by atoms with Gasteiger partial charge in [0.05, 0.1) is 0 Å².